The maximum Gasteiger partial charge on any atom is 0.0302 e. The third-order valence-corrected chi connectivity index (χ3v) is 5.15. The van der Waals surface area contributed by atoms with Crippen LogP contribution in [-0.2, 0) is 19.4 Å². The third-order valence-electron chi connectivity index (χ3n) is 3.91. The van der Waals surface area contributed by atoms with E-state index in [-0.39, 0.29) is 0 Å². The molecule has 0 amide bonds. The second kappa shape index (κ2) is 7.30. The van der Waals surface area contributed by atoms with Gasteiger partial charge in [-0.2, -0.15) is 0 Å². The van der Waals surface area contributed by atoms with Crippen molar-refractivity contribution in [2.45, 2.75) is 77.8 Å². The second-order valence-corrected chi connectivity index (χ2v) is 6.87. The zero-order chi connectivity index (χ0) is 12.8. The van der Waals surface area contributed by atoms with E-state index in [1.807, 2.05) is 11.3 Å². The van der Waals surface area contributed by atoms with Crippen LogP contribution in [0, 0.1) is 0 Å². The van der Waals surface area contributed by atoms with Crippen molar-refractivity contribution in [2.75, 3.05) is 0 Å². The van der Waals surface area contributed by atoms with Crippen molar-refractivity contribution in [1.82, 2.24) is 5.32 Å². The lowest BCUT2D eigenvalue weighted by Gasteiger charge is -2.12. The van der Waals surface area contributed by atoms with Gasteiger partial charge in [0.2, 0.25) is 0 Å². The normalized spacial score (nSPS) is 15.9. The van der Waals surface area contributed by atoms with E-state index < -0.39 is 0 Å². The van der Waals surface area contributed by atoms with Crippen LogP contribution in [0.2, 0.25) is 0 Å². The smallest absolute Gasteiger partial charge is 0.0302 e. The van der Waals surface area contributed by atoms with Gasteiger partial charge in [-0.05, 0) is 44.2 Å². The van der Waals surface area contributed by atoms with Crippen LogP contribution in [0.5, 0.6) is 0 Å². The highest BCUT2D eigenvalue weighted by Gasteiger charge is 2.14. The molecule has 1 N–H and O–H groups in total. The van der Waals surface area contributed by atoms with E-state index in [4.69, 9.17) is 0 Å². The SMILES string of the molecule is CCCCCCC(C)NCc1cc2c(s1)CCC2. The minimum absolute atomic E-state index is 0.666. The van der Waals surface area contributed by atoms with Gasteiger partial charge in [-0.15, -0.1) is 11.3 Å². The zero-order valence-corrected chi connectivity index (χ0v) is 12.7. The summed E-state index contributed by atoms with van der Waals surface area (Å²) in [5, 5.41) is 3.67. The summed E-state index contributed by atoms with van der Waals surface area (Å²) < 4.78 is 0. The number of thiophene rings is 1. The fraction of sp³-hybridized carbons (Fsp3) is 0.750. The van der Waals surface area contributed by atoms with Gasteiger partial charge < -0.3 is 5.32 Å². The summed E-state index contributed by atoms with van der Waals surface area (Å²) in [6.07, 6.45) is 10.9. The lowest BCUT2D eigenvalue weighted by molar-refractivity contribution is 0.484. The van der Waals surface area contributed by atoms with Crippen LogP contribution in [0.25, 0.3) is 0 Å². The molecule has 0 saturated carbocycles. The van der Waals surface area contributed by atoms with E-state index >= 15 is 0 Å². The first-order valence-corrected chi connectivity index (χ1v) is 8.45. The molecule has 1 atom stereocenters. The molecule has 1 nitrogen and oxygen atoms in total. The molecule has 1 aliphatic rings. The van der Waals surface area contributed by atoms with Gasteiger partial charge >= 0.3 is 0 Å². The molecule has 0 saturated heterocycles. The van der Waals surface area contributed by atoms with E-state index in [2.05, 4.69) is 25.2 Å². The predicted octanol–water partition coefficient (Wildman–Crippen LogP) is 4.69. The number of aryl methyl sites for hydroxylation is 2. The maximum atomic E-state index is 3.67. The minimum Gasteiger partial charge on any atom is -0.309 e. The summed E-state index contributed by atoms with van der Waals surface area (Å²) in [5.74, 6) is 0. The monoisotopic (exact) mass is 265 g/mol. The van der Waals surface area contributed by atoms with Crippen LogP contribution in [0.1, 0.15) is 67.7 Å². The number of fused-ring (bicyclic) bond motifs is 1. The Bertz CT molecular complexity index is 334. The van der Waals surface area contributed by atoms with Gasteiger partial charge in [0.15, 0.2) is 0 Å². The average molecular weight is 265 g/mol. The number of nitrogens with one attached hydrogen (secondary N) is 1. The molecule has 0 radical (unpaired) electrons. The van der Waals surface area contributed by atoms with Gasteiger partial charge in [0.25, 0.3) is 0 Å². The molecule has 18 heavy (non-hydrogen) atoms. The molecule has 1 unspecified atom stereocenters. The summed E-state index contributed by atoms with van der Waals surface area (Å²) in [4.78, 5) is 3.20. The highest BCUT2D eigenvalue weighted by Crippen LogP contribution is 2.30. The highest BCUT2D eigenvalue weighted by atomic mass is 32.1. The molecule has 0 spiro atoms. The Kier molecular flexibility index (Phi) is 5.71. The molecule has 102 valence electrons. The van der Waals surface area contributed by atoms with Gasteiger partial charge in [0.05, 0.1) is 0 Å². The number of hydrogen-bond donors (Lipinski definition) is 1. The van der Waals surface area contributed by atoms with Crippen LogP contribution < -0.4 is 5.32 Å². The van der Waals surface area contributed by atoms with E-state index in [0.717, 1.165) is 6.54 Å². The molecule has 0 bridgehead atoms. The molecule has 1 aromatic heterocycles. The standard InChI is InChI=1S/C16H27NS/c1-3-4-5-6-8-13(2)17-12-15-11-14-9-7-10-16(14)18-15/h11,13,17H,3-10,12H2,1-2H3. The van der Waals surface area contributed by atoms with E-state index in [1.165, 1.54) is 51.4 Å². The third kappa shape index (κ3) is 4.10. The summed E-state index contributed by atoms with van der Waals surface area (Å²) in [6.45, 7) is 5.68. The first kappa shape index (κ1) is 14.1. The molecule has 1 aromatic rings. The molecular weight excluding hydrogens is 238 g/mol. The summed E-state index contributed by atoms with van der Waals surface area (Å²) >= 11 is 2.03. The van der Waals surface area contributed by atoms with Crippen LogP contribution in [0.15, 0.2) is 6.07 Å². The number of hydrogen-bond acceptors (Lipinski definition) is 2. The molecular formula is C16H27NS. The van der Waals surface area contributed by atoms with Crippen molar-refractivity contribution >= 4 is 11.3 Å². The first-order chi connectivity index (χ1) is 8.79. The maximum absolute atomic E-state index is 3.67. The van der Waals surface area contributed by atoms with Gasteiger partial charge in [0.1, 0.15) is 0 Å². The van der Waals surface area contributed by atoms with Gasteiger partial charge in [-0.3, -0.25) is 0 Å². The van der Waals surface area contributed by atoms with Crippen LogP contribution >= 0.6 is 11.3 Å². The summed E-state index contributed by atoms with van der Waals surface area (Å²) in [7, 11) is 0. The molecule has 0 aliphatic heterocycles. The lowest BCUT2D eigenvalue weighted by atomic mass is 10.1. The van der Waals surface area contributed by atoms with Crippen molar-refractivity contribution in [2.24, 2.45) is 0 Å². The van der Waals surface area contributed by atoms with E-state index in [9.17, 15) is 0 Å². The quantitative estimate of drug-likeness (QED) is 0.673. The predicted molar refractivity (Wildman–Crippen MR) is 81.4 cm³/mol. The molecule has 0 fully saturated rings. The highest BCUT2D eigenvalue weighted by molar-refractivity contribution is 7.12. The molecule has 1 heterocycles. The minimum atomic E-state index is 0.666. The van der Waals surface area contributed by atoms with E-state index in [1.54, 1.807) is 15.3 Å². The number of unbranched alkanes of at least 4 members (excludes halogenated alkanes) is 3. The zero-order valence-electron chi connectivity index (χ0n) is 11.9. The summed E-state index contributed by atoms with van der Waals surface area (Å²) in [5.41, 5.74) is 1.63. The van der Waals surface area contributed by atoms with Crippen molar-refractivity contribution < 1.29 is 0 Å². The Morgan fingerprint density at radius 1 is 1.28 bits per heavy atom. The van der Waals surface area contributed by atoms with Crippen molar-refractivity contribution in [3.05, 3.63) is 21.4 Å². The van der Waals surface area contributed by atoms with Gasteiger partial charge in [0, 0.05) is 22.3 Å². The van der Waals surface area contributed by atoms with Crippen molar-refractivity contribution in [3.8, 4) is 0 Å². The van der Waals surface area contributed by atoms with Crippen LogP contribution in [0.3, 0.4) is 0 Å². The molecule has 0 aromatic carbocycles. The Labute approximate surface area is 116 Å². The number of rotatable bonds is 8. The Hall–Kier alpha value is -0.340. The van der Waals surface area contributed by atoms with Gasteiger partial charge in [-0.25, -0.2) is 0 Å². The average Bonchev–Trinajstić information content (AvgIpc) is 2.92. The fourth-order valence-electron chi connectivity index (χ4n) is 2.73. The van der Waals surface area contributed by atoms with Crippen LogP contribution in [0.4, 0.5) is 0 Å². The Balaban J connectivity index is 1.64. The van der Waals surface area contributed by atoms with Gasteiger partial charge in [-0.1, -0.05) is 32.6 Å². The molecule has 2 heteroatoms. The lowest BCUT2D eigenvalue weighted by Crippen LogP contribution is -2.24. The molecule has 1 aliphatic carbocycles. The van der Waals surface area contributed by atoms with Crippen molar-refractivity contribution in [1.29, 1.82) is 0 Å². The molecule has 2 rings (SSSR count). The van der Waals surface area contributed by atoms with Crippen LogP contribution in [-0.4, -0.2) is 6.04 Å². The fourth-order valence-corrected chi connectivity index (χ4v) is 3.94. The van der Waals surface area contributed by atoms with Crippen molar-refractivity contribution in [3.63, 3.8) is 0 Å². The Morgan fingerprint density at radius 2 is 2.17 bits per heavy atom. The summed E-state index contributed by atoms with van der Waals surface area (Å²) in [6, 6.07) is 3.10. The topological polar surface area (TPSA) is 12.0 Å². The largest absolute Gasteiger partial charge is 0.309 e. The Morgan fingerprint density at radius 3 is 2.94 bits per heavy atom. The first-order valence-electron chi connectivity index (χ1n) is 7.63. The second-order valence-electron chi connectivity index (χ2n) is 5.65. The van der Waals surface area contributed by atoms with E-state index in [0.29, 0.717) is 6.04 Å².